The van der Waals surface area contributed by atoms with Crippen molar-refractivity contribution in [3.8, 4) is 0 Å². The summed E-state index contributed by atoms with van der Waals surface area (Å²) >= 11 is 5.95. The van der Waals surface area contributed by atoms with Crippen LogP contribution in [0.1, 0.15) is 25.8 Å². The SMILES string of the molecule is CC(C)[C@H](N)C(=O)NC1CCN(c2ncc(C(F)(F)F)cc2Cl)C1. The number of halogens is 4. The second kappa shape index (κ2) is 7.14. The first kappa shape index (κ1) is 18.8. The number of hydrogen-bond donors (Lipinski definition) is 2. The fraction of sp³-hybridized carbons (Fsp3) is 0.600. The maximum absolute atomic E-state index is 12.7. The molecule has 9 heteroatoms. The fourth-order valence-electron chi connectivity index (χ4n) is 2.49. The molecule has 3 N–H and O–H groups in total. The number of carbonyl (C=O) groups is 1. The lowest BCUT2D eigenvalue weighted by molar-refractivity contribution is -0.137. The van der Waals surface area contributed by atoms with E-state index in [1.165, 1.54) is 0 Å². The molecule has 1 saturated heterocycles. The van der Waals surface area contributed by atoms with Crippen LogP contribution >= 0.6 is 11.6 Å². The molecule has 1 fully saturated rings. The topological polar surface area (TPSA) is 71.2 Å². The highest BCUT2D eigenvalue weighted by atomic mass is 35.5. The van der Waals surface area contributed by atoms with Crippen LogP contribution in [-0.4, -0.2) is 36.1 Å². The first-order valence-electron chi connectivity index (χ1n) is 7.63. The number of alkyl halides is 3. The number of carbonyl (C=O) groups excluding carboxylic acids is 1. The van der Waals surface area contributed by atoms with Crippen LogP contribution in [0.25, 0.3) is 0 Å². The van der Waals surface area contributed by atoms with Crippen molar-refractivity contribution >= 4 is 23.3 Å². The molecule has 0 aliphatic carbocycles. The number of hydrogen-bond acceptors (Lipinski definition) is 4. The molecule has 2 rings (SSSR count). The van der Waals surface area contributed by atoms with E-state index in [-0.39, 0.29) is 28.7 Å². The van der Waals surface area contributed by atoms with Crippen molar-refractivity contribution in [1.29, 1.82) is 0 Å². The highest BCUT2D eigenvalue weighted by molar-refractivity contribution is 6.33. The molecule has 1 unspecified atom stereocenters. The Morgan fingerprint density at radius 1 is 1.50 bits per heavy atom. The van der Waals surface area contributed by atoms with Gasteiger partial charge in [-0.05, 0) is 18.4 Å². The zero-order valence-electron chi connectivity index (χ0n) is 13.4. The minimum atomic E-state index is -4.48. The zero-order valence-corrected chi connectivity index (χ0v) is 14.2. The fourth-order valence-corrected chi connectivity index (χ4v) is 2.77. The Hall–Kier alpha value is -1.54. The Morgan fingerprint density at radius 3 is 2.71 bits per heavy atom. The van der Waals surface area contributed by atoms with Gasteiger partial charge in [0, 0.05) is 25.3 Å². The van der Waals surface area contributed by atoms with E-state index in [0.717, 1.165) is 12.3 Å². The van der Waals surface area contributed by atoms with Crippen molar-refractivity contribution in [2.75, 3.05) is 18.0 Å². The molecule has 1 aliphatic rings. The number of anilines is 1. The van der Waals surface area contributed by atoms with Gasteiger partial charge in [-0.15, -0.1) is 0 Å². The van der Waals surface area contributed by atoms with Gasteiger partial charge in [-0.3, -0.25) is 4.79 Å². The number of rotatable bonds is 4. The number of pyridine rings is 1. The summed E-state index contributed by atoms with van der Waals surface area (Å²) in [6.45, 7) is 4.68. The van der Waals surface area contributed by atoms with Crippen molar-refractivity contribution < 1.29 is 18.0 Å². The predicted octanol–water partition coefficient (Wildman–Crippen LogP) is 2.43. The number of amides is 1. The maximum atomic E-state index is 12.7. The average molecular weight is 365 g/mol. The number of nitrogens with two attached hydrogens (primary N) is 1. The van der Waals surface area contributed by atoms with Crippen molar-refractivity contribution in [3.05, 3.63) is 22.8 Å². The summed E-state index contributed by atoms with van der Waals surface area (Å²) in [5.74, 6) is 0.0754. The van der Waals surface area contributed by atoms with Crippen LogP contribution in [0.5, 0.6) is 0 Å². The largest absolute Gasteiger partial charge is 0.417 e. The molecule has 5 nitrogen and oxygen atoms in total. The molecular formula is C15H20ClF3N4O. The molecule has 1 aromatic heterocycles. The molecule has 0 aromatic carbocycles. The van der Waals surface area contributed by atoms with Gasteiger partial charge in [0.2, 0.25) is 5.91 Å². The lowest BCUT2D eigenvalue weighted by Gasteiger charge is -2.21. The Balaban J connectivity index is 2.02. The van der Waals surface area contributed by atoms with Crippen LogP contribution in [0.3, 0.4) is 0 Å². The summed E-state index contributed by atoms with van der Waals surface area (Å²) in [5.41, 5.74) is 4.91. The molecule has 0 saturated carbocycles. The van der Waals surface area contributed by atoms with Gasteiger partial charge in [0.25, 0.3) is 0 Å². The van der Waals surface area contributed by atoms with Crippen molar-refractivity contribution in [1.82, 2.24) is 10.3 Å². The van der Waals surface area contributed by atoms with Gasteiger partial charge in [0.1, 0.15) is 5.82 Å². The number of nitrogens with one attached hydrogen (secondary N) is 1. The Morgan fingerprint density at radius 2 is 2.17 bits per heavy atom. The third-order valence-corrected chi connectivity index (χ3v) is 4.28. The van der Waals surface area contributed by atoms with Gasteiger partial charge < -0.3 is 16.0 Å². The van der Waals surface area contributed by atoms with E-state index < -0.39 is 17.8 Å². The van der Waals surface area contributed by atoms with Gasteiger partial charge in [0.05, 0.1) is 16.6 Å². The highest BCUT2D eigenvalue weighted by Gasteiger charge is 2.33. The summed E-state index contributed by atoms with van der Waals surface area (Å²) < 4.78 is 38.0. The Bertz CT molecular complexity index is 609. The van der Waals surface area contributed by atoms with E-state index >= 15 is 0 Å². The van der Waals surface area contributed by atoms with Crippen molar-refractivity contribution in [3.63, 3.8) is 0 Å². The molecule has 2 atom stereocenters. The lowest BCUT2D eigenvalue weighted by Crippen LogP contribution is -2.48. The summed E-state index contributed by atoms with van der Waals surface area (Å²) in [4.78, 5) is 17.6. The summed E-state index contributed by atoms with van der Waals surface area (Å²) in [5, 5.41) is 2.80. The van der Waals surface area contributed by atoms with Gasteiger partial charge >= 0.3 is 6.18 Å². The van der Waals surface area contributed by atoms with Gasteiger partial charge in [-0.2, -0.15) is 13.2 Å². The van der Waals surface area contributed by atoms with E-state index in [4.69, 9.17) is 17.3 Å². The lowest BCUT2D eigenvalue weighted by atomic mass is 10.0. The summed E-state index contributed by atoms with van der Waals surface area (Å²) in [6, 6.07) is 0.138. The van der Waals surface area contributed by atoms with Crippen LogP contribution in [0.2, 0.25) is 5.02 Å². The first-order valence-corrected chi connectivity index (χ1v) is 8.01. The second-order valence-electron chi connectivity index (χ2n) is 6.24. The molecule has 24 heavy (non-hydrogen) atoms. The first-order chi connectivity index (χ1) is 11.1. The molecule has 1 amide bonds. The third kappa shape index (κ3) is 4.30. The van der Waals surface area contributed by atoms with Crippen molar-refractivity contribution in [2.45, 2.75) is 38.5 Å². The van der Waals surface area contributed by atoms with Crippen LogP contribution in [0, 0.1) is 5.92 Å². The number of aromatic nitrogens is 1. The van der Waals surface area contributed by atoms with E-state index in [1.807, 2.05) is 13.8 Å². The van der Waals surface area contributed by atoms with Crippen LogP contribution in [-0.2, 0) is 11.0 Å². The molecule has 2 heterocycles. The molecular weight excluding hydrogens is 345 g/mol. The predicted molar refractivity (Wildman–Crippen MR) is 85.8 cm³/mol. The second-order valence-corrected chi connectivity index (χ2v) is 6.64. The van der Waals surface area contributed by atoms with E-state index in [1.54, 1.807) is 4.90 Å². The van der Waals surface area contributed by atoms with Gasteiger partial charge in [-0.25, -0.2) is 4.98 Å². The van der Waals surface area contributed by atoms with E-state index in [0.29, 0.717) is 19.5 Å². The minimum Gasteiger partial charge on any atom is -0.353 e. The zero-order chi connectivity index (χ0) is 18.1. The maximum Gasteiger partial charge on any atom is 0.417 e. The summed E-state index contributed by atoms with van der Waals surface area (Å²) in [7, 11) is 0. The van der Waals surface area contributed by atoms with E-state index in [2.05, 4.69) is 10.3 Å². The van der Waals surface area contributed by atoms with Gasteiger partial charge in [-0.1, -0.05) is 25.4 Å². The van der Waals surface area contributed by atoms with Gasteiger partial charge in [0.15, 0.2) is 0 Å². The Labute approximate surface area is 143 Å². The van der Waals surface area contributed by atoms with Crippen LogP contribution in [0.4, 0.5) is 19.0 Å². The van der Waals surface area contributed by atoms with E-state index in [9.17, 15) is 18.0 Å². The monoisotopic (exact) mass is 364 g/mol. The molecule has 0 spiro atoms. The quantitative estimate of drug-likeness (QED) is 0.860. The number of nitrogens with zero attached hydrogens (tertiary/aromatic N) is 2. The van der Waals surface area contributed by atoms with Crippen LogP contribution < -0.4 is 16.0 Å². The Kier molecular flexibility index (Phi) is 5.59. The molecule has 0 bridgehead atoms. The normalized spacial score (nSPS) is 19.7. The highest BCUT2D eigenvalue weighted by Crippen LogP contribution is 2.34. The summed E-state index contributed by atoms with van der Waals surface area (Å²) in [6.07, 6.45) is -3.07. The molecule has 134 valence electrons. The average Bonchev–Trinajstić information content (AvgIpc) is 2.93. The smallest absolute Gasteiger partial charge is 0.353 e. The standard InChI is InChI=1S/C15H20ClF3N4O/c1-8(2)12(20)14(24)22-10-3-4-23(7-10)13-11(16)5-9(6-21-13)15(17,18)19/h5-6,8,10,12H,3-4,7,20H2,1-2H3,(H,22,24)/t10?,12-/m0/s1. The van der Waals surface area contributed by atoms with Crippen molar-refractivity contribution in [2.24, 2.45) is 11.7 Å². The molecule has 1 aliphatic heterocycles. The van der Waals surface area contributed by atoms with Crippen LogP contribution in [0.15, 0.2) is 12.3 Å². The minimum absolute atomic E-state index is 0.0218. The molecule has 0 radical (unpaired) electrons. The molecule has 1 aromatic rings. The third-order valence-electron chi connectivity index (χ3n) is 4.00.